The predicted octanol–water partition coefficient (Wildman–Crippen LogP) is 3.84. The second-order valence-electron chi connectivity index (χ2n) is 6.98. The second-order valence-corrected chi connectivity index (χ2v) is 7.89. The molecule has 3 nitrogen and oxygen atoms in total. The Morgan fingerprint density at radius 3 is 2.73 bits per heavy atom. The Balaban J connectivity index is 2.27. The van der Waals surface area contributed by atoms with E-state index in [0.717, 1.165) is 13.0 Å². The van der Waals surface area contributed by atoms with E-state index in [0.29, 0.717) is 29.4 Å². The van der Waals surface area contributed by atoms with Crippen LogP contribution in [0.25, 0.3) is 0 Å². The number of carbonyl (C=O) groups is 1. The zero-order valence-electron chi connectivity index (χ0n) is 13.3. The number of carbonyl (C=O) groups excluding carboxylic acids is 1. The summed E-state index contributed by atoms with van der Waals surface area (Å²) < 4.78 is 20.5. The van der Waals surface area contributed by atoms with Gasteiger partial charge in [0.25, 0.3) is 0 Å². The first-order chi connectivity index (χ1) is 10.2. The molecule has 122 valence electrons. The molecule has 2 rings (SSSR count). The average Bonchev–Trinajstić information content (AvgIpc) is 2.41. The normalized spacial score (nSPS) is 22.4. The van der Waals surface area contributed by atoms with E-state index in [-0.39, 0.29) is 11.8 Å². The lowest BCUT2D eigenvalue weighted by atomic mass is 9.75. The van der Waals surface area contributed by atoms with Gasteiger partial charge in [0.1, 0.15) is 11.4 Å². The van der Waals surface area contributed by atoms with Crippen molar-refractivity contribution in [2.45, 2.75) is 45.6 Å². The van der Waals surface area contributed by atoms with Crippen molar-refractivity contribution in [3.63, 3.8) is 0 Å². The van der Waals surface area contributed by atoms with Gasteiger partial charge in [0, 0.05) is 11.0 Å². The number of rotatable bonds is 3. The maximum Gasteiger partial charge on any atom is 0.314 e. The standard InChI is InChI=1S/C17H23BrFNO2/c1-16(2,3)22-15(21)17(7-4-8-20-11-17)10-12-5-6-13(18)9-14(12)19/h5-6,9,20H,4,7-8,10-11H2,1-3H3. The highest BCUT2D eigenvalue weighted by atomic mass is 79.9. The molecular formula is C17H23BrFNO2. The van der Waals surface area contributed by atoms with Crippen molar-refractivity contribution < 1.29 is 13.9 Å². The molecule has 0 saturated carbocycles. The topological polar surface area (TPSA) is 38.3 Å². The third-order valence-corrected chi connectivity index (χ3v) is 4.34. The van der Waals surface area contributed by atoms with Gasteiger partial charge >= 0.3 is 5.97 Å². The van der Waals surface area contributed by atoms with E-state index in [2.05, 4.69) is 21.2 Å². The first-order valence-electron chi connectivity index (χ1n) is 7.60. The Morgan fingerprint density at radius 1 is 1.45 bits per heavy atom. The molecule has 0 radical (unpaired) electrons. The molecule has 0 aliphatic carbocycles. The minimum absolute atomic E-state index is 0.241. The molecule has 1 heterocycles. The Bertz CT molecular complexity index is 548. The van der Waals surface area contributed by atoms with Crippen LogP contribution in [0.15, 0.2) is 22.7 Å². The van der Waals surface area contributed by atoms with Gasteiger partial charge in [-0.05, 0) is 64.3 Å². The smallest absolute Gasteiger partial charge is 0.314 e. The van der Waals surface area contributed by atoms with E-state index in [9.17, 15) is 9.18 Å². The lowest BCUT2D eigenvalue weighted by Crippen LogP contribution is -2.49. The second kappa shape index (κ2) is 6.67. The van der Waals surface area contributed by atoms with Crippen LogP contribution in [0.5, 0.6) is 0 Å². The van der Waals surface area contributed by atoms with E-state index in [1.807, 2.05) is 20.8 Å². The molecule has 1 aliphatic rings. The number of hydrogen-bond acceptors (Lipinski definition) is 3. The van der Waals surface area contributed by atoms with Crippen LogP contribution in [0.2, 0.25) is 0 Å². The molecule has 5 heteroatoms. The van der Waals surface area contributed by atoms with E-state index in [1.165, 1.54) is 6.07 Å². The summed E-state index contributed by atoms with van der Waals surface area (Å²) in [5, 5.41) is 3.26. The molecule has 1 aromatic carbocycles. The first-order valence-corrected chi connectivity index (χ1v) is 8.39. The van der Waals surface area contributed by atoms with E-state index in [1.54, 1.807) is 12.1 Å². The summed E-state index contributed by atoms with van der Waals surface area (Å²) in [5.41, 5.74) is -0.683. The van der Waals surface area contributed by atoms with Gasteiger partial charge in [-0.3, -0.25) is 4.79 Å². The number of esters is 1. The highest BCUT2D eigenvalue weighted by Crippen LogP contribution is 2.34. The van der Waals surface area contributed by atoms with Crippen molar-refractivity contribution >= 4 is 21.9 Å². The third-order valence-electron chi connectivity index (χ3n) is 3.85. The summed E-state index contributed by atoms with van der Waals surface area (Å²) in [5.74, 6) is -0.530. The van der Waals surface area contributed by atoms with Gasteiger partial charge in [0.15, 0.2) is 0 Å². The van der Waals surface area contributed by atoms with Crippen LogP contribution < -0.4 is 5.32 Å². The Kier molecular flexibility index (Phi) is 5.28. The zero-order chi connectivity index (χ0) is 16.4. The molecule has 1 N–H and O–H groups in total. The molecule has 1 unspecified atom stereocenters. The minimum Gasteiger partial charge on any atom is -0.459 e. The largest absolute Gasteiger partial charge is 0.459 e. The monoisotopic (exact) mass is 371 g/mol. The van der Waals surface area contributed by atoms with Crippen LogP contribution >= 0.6 is 15.9 Å². The molecule has 0 amide bonds. The number of benzene rings is 1. The number of halogens is 2. The summed E-state index contributed by atoms with van der Waals surface area (Å²) in [7, 11) is 0. The average molecular weight is 372 g/mol. The van der Waals surface area contributed by atoms with Crippen molar-refractivity contribution in [2.24, 2.45) is 5.41 Å². The molecule has 1 aliphatic heterocycles. The number of hydrogen-bond donors (Lipinski definition) is 1. The fourth-order valence-electron chi connectivity index (χ4n) is 2.78. The van der Waals surface area contributed by atoms with Crippen molar-refractivity contribution in [2.75, 3.05) is 13.1 Å². The van der Waals surface area contributed by atoms with Gasteiger partial charge in [0.05, 0.1) is 5.41 Å². The molecular weight excluding hydrogens is 349 g/mol. The summed E-state index contributed by atoms with van der Waals surface area (Å²) in [6.07, 6.45) is 1.95. The van der Waals surface area contributed by atoms with E-state index in [4.69, 9.17) is 4.74 Å². The van der Waals surface area contributed by atoms with Crippen LogP contribution in [0.4, 0.5) is 4.39 Å². The number of nitrogens with one attached hydrogen (secondary N) is 1. The Labute approximate surface area is 139 Å². The lowest BCUT2D eigenvalue weighted by Gasteiger charge is -2.37. The SMILES string of the molecule is CC(C)(C)OC(=O)C1(Cc2ccc(Br)cc2F)CCCNC1. The fourth-order valence-corrected chi connectivity index (χ4v) is 3.11. The quantitative estimate of drug-likeness (QED) is 0.820. The van der Waals surface area contributed by atoms with Gasteiger partial charge in [-0.1, -0.05) is 22.0 Å². The van der Waals surface area contributed by atoms with Crippen molar-refractivity contribution in [3.8, 4) is 0 Å². The van der Waals surface area contributed by atoms with Crippen LogP contribution in [-0.4, -0.2) is 24.7 Å². The van der Waals surface area contributed by atoms with E-state index < -0.39 is 11.0 Å². The van der Waals surface area contributed by atoms with Gasteiger partial charge < -0.3 is 10.1 Å². The molecule has 22 heavy (non-hydrogen) atoms. The fraction of sp³-hybridized carbons (Fsp3) is 0.588. The van der Waals surface area contributed by atoms with Crippen LogP contribution in [0.1, 0.15) is 39.2 Å². The van der Waals surface area contributed by atoms with Crippen molar-refractivity contribution in [1.82, 2.24) is 5.32 Å². The minimum atomic E-state index is -0.694. The van der Waals surface area contributed by atoms with Crippen molar-refractivity contribution in [1.29, 1.82) is 0 Å². The highest BCUT2D eigenvalue weighted by molar-refractivity contribution is 9.10. The summed E-state index contributed by atoms with van der Waals surface area (Å²) in [6.45, 7) is 6.98. The van der Waals surface area contributed by atoms with Crippen molar-refractivity contribution in [3.05, 3.63) is 34.1 Å². The zero-order valence-corrected chi connectivity index (χ0v) is 14.9. The van der Waals surface area contributed by atoms with Crippen LogP contribution in [0.3, 0.4) is 0 Å². The van der Waals surface area contributed by atoms with Gasteiger partial charge in [-0.25, -0.2) is 4.39 Å². The third kappa shape index (κ3) is 4.29. The molecule has 1 fully saturated rings. The maximum absolute atomic E-state index is 14.2. The Hall–Kier alpha value is -0.940. The predicted molar refractivity (Wildman–Crippen MR) is 88.2 cm³/mol. The van der Waals surface area contributed by atoms with Crippen LogP contribution in [-0.2, 0) is 16.0 Å². The summed E-state index contributed by atoms with van der Waals surface area (Å²) in [4.78, 5) is 12.7. The number of ether oxygens (including phenoxy) is 1. The molecule has 0 bridgehead atoms. The van der Waals surface area contributed by atoms with Gasteiger partial charge in [0.2, 0.25) is 0 Å². The number of piperidine rings is 1. The Morgan fingerprint density at radius 2 is 2.18 bits per heavy atom. The maximum atomic E-state index is 14.2. The lowest BCUT2D eigenvalue weighted by molar-refractivity contribution is -0.169. The highest BCUT2D eigenvalue weighted by Gasteiger charge is 2.43. The molecule has 0 spiro atoms. The van der Waals surface area contributed by atoms with Gasteiger partial charge in [-0.2, -0.15) is 0 Å². The summed E-state index contributed by atoms with van der Waals surface area (Å²) in [6, 6.07) is 4.98. The molecule has 1 aromatic rings. The van der Waals surface area contributed by atoms with Gasteiger partial charge in [-0.15, -0.1) is 0 Å². The molecule has 1 atom stereocenters. The first kappa shape index (κ1) is 17.4. The molecule has 1 saturated heterocycles. The summed E-state index contributed by atoms with van der Waals surface area (Å²) >= 11 is 3.26. The molecule has 0 aromatic heterocycles. The van der Waals surface area contributed by atoms with E-state index >= 15 is 0 Å². The van der Waals surface area contributed by atoms with Crippen LogP contribution in [0, 0.1) is 11.2 Å².